The van der Waals surface area contributed by atoms with Crippen LogP contribution < -0.4 is 15.5 Å². The van der Waals surface area contributed by atoms with Crippen molar-refractivity contribution in [2.75, 3.05) is 7.11 Å². The SMILES string of the molecule is COC(=O)N[C@H](C(=O)N1[C@H](c2nc3ccc4cc5c(cc4c3[nH]2)OCc2cc(B3CC(C)(C)C(C)(C)C3)ccc2-5)C[C@@H]2CCC[C@@H]21)C(C)C. The molecule has 256 valence electrons. The Morgan fingerprint density at radius 1 is 1.04 bits per heavy atom. The number of hydrogen-bond acceptors (Lipinski definition) is 5. The number of ether oxygens (including phenoxy) is 2. The number of amides is 2. The van der Waals surface area contributed by atoms with Crippen molar-refractivity contribution in [2.24, 2.45) is 22.7 Å². The molecule has 3 aliphatic heterocycles. The summed E-state index contributed by atoms with van der Waals surface area (Å²) in [5, 5.41) is 5.00. The van der Waals surface area contributed by atoms with Crippen molar-refractivity contribution in [3.63, 3.8) is 0 Å². The zero-order valence-corrected chi connectivity index (χ0v) is 30.0. The van der Waals surface area contributed by atoms with E-state index in [2.05, 4.69) is 80.5 Å². The van der Waals surface area contributed by atoms with Crippen LogP contribution in [0.4, 0.5) is 4.79 Å². The zero-order valence-electron chi connectivity index (χ0n) is 30.0. The van der Waals surface area contributed by atoms with Gasteiger partial charge in [-0.1, -0.05) is 90.3 Å². The van der Waals surface area contributed by atoms with Gasteiger partial charge in [-0.3, -0.25) is 4.79 Å². The van der Waals surface area contributed by atoms with Gasteiger partial charge in [0.1, 0.15) is 24.2 Å². The number of aromatic nitrogens is 2. The molecule has 4 atom stereocenters. The Morgan fingerprint density at radius 2 is 1.82 bits per heavy atom. The van der Waals surface area contributed by atoms with Gasteiger partial charge in [-0.05, 0) is 76.6 Å². The van der Waals surface area contributed by atoms with Crippen molar-refractivity contribution >= 4 is 46.0 Å². The molecule has 2 N–H and O–H groups in total. The summed E-state index contributed by atoms with van der Waals surface area (Å²) in [6, 6.07) is 15.0. The Balaban J connectivity index is 1.13. The molecule has 3 aromatic carbocycles. The summed E-state index contributed by atoms with van der Waals surface area (Å²) in [5.74, 6) is 1.98. The Labute approximate surface area is 289 Å². The fraction of sp³-hybridized carbons (Fsp3) is 0.525. The Morgan fingerprint density at radius 3 is 2.55 bits per heavy atom. The zero-order chi connectivity index (χ0) is 34.4. The summed E-state index contributed by atoms with van der Waals surface area (Å²) < 4.78 is 11.3. The molecule has 4 aliphatic rings. The first-order chi connectivity index (χ1) is 23.3. The molecule has 9 heteroatoms. The van der Waals surface area contributed by atoms with E-state index in [0.717, 1.165) is 64.6 Å². The van der Waals surface area contributed by atoms with Crippen LogP contribution in [0.3, 0.4) is 0 Å². The fourth-order valence-corrected chi connectivity index (χ4v) is 9.55. The van der Waals surface area contributed by atoms with Gasteiger partial charge in [0.15, 0.2) is 6.71 Å². The van der Waals surface area contributed by atoms with Crippen molar-refractivity contribution in [1.82, 2.24) is 20.2 Å². The lowest BCUT2D eigenvalue weighted by Gasteiger charge is -2.35. The number of imidazole rings is 1. The molecule has 4 heterocycles. The van der Waals surface area contributed by atoms with Gasteiger partial charge in [0.2, 0.25) is 5.91 Å². The number of rotatable bonds is 5. The smallest absolute Gasteiger partial charge is 0.407 e. The van der Waals surface area contributed by atoms with E-state index in [0.29, 0.717) is 30.1 Å². The molecular formula is C40H49BN4O4. The number of fused-ring (bicyclic) bond motifs is 7. The number of nitrogens with zero attached hydrogens (tertiary/aromatic N) is 2. The van der Waals surface area contributed by atoms with Gasteiger partial charge in [0.25, 0.3) is 0 Å². The van der Waals surface area contributed by atoms with E-state index in [1.165, 1.54) is 36.3 Å². The van der Waals surface area contributed by atoms with E-state index in [4.69, 9.17) is 14.5 Å². The van der Waals surface area contributed by atoms with Crippen LogP contribution in [-0.2, 0) is 16.1 Å². The fourth-order valence-electron chi connectivity index (χ4n) is 9.55. The standard InChI is InChI=1S/C40H49BN4O4/c1-22(2)34(44-38(47)48-7)37(46)45-31-10-8-9-24(31)17-32(45)36-42-30-14-11-23-16-29-27-13-12-26(41-20-39(3,4)40(5,6)21-41)15-25(27)19-49-33(29)18-28(23)35(30)43-36/h11-16,18,22,24,31-32,34H,8-10,17,19-21H2,1-7H3,(H,42,43)(H,44,47)/t24-,31-,32-,34-/m0/s1. The van der Waals surface area contributed by atoms with Crippen molar-refractivity contribution < 1.29 is 19.1 Å². The maximum atomic E-state index is 14.2. The van der Waals surface area contributed by atoms with Gasteiger partial charge < -0.3 is 24.7 Å². The first-order valence-electron chi connectivity index (χ1n) is 18.2. The first kappa shape index (κ1) is 32.2. The maximum Gasteiger partial charge on any atom is 0.407 e. The van der Waals surface area contributed by atoms with Crippen LogP contribution in [0, 0.1) is 22.7 Å². The molecule has 3 fully saturated rings. The molecule has 0 bridgehead atoms. The Hall–Kier alpha value is -4.01. The molecule has 2 saturated heterocycles. The lowest BCUT2D eigenvalue weighted by Crippen LogP contribution is -2.53. The van der Waals surface area contributed by atoms with Gasteiger partial charge >= 0.3 is 6.09 Å². The minimum absolute atomic E-state index is 0.0604. The van der Waals surface area contributed by atoms with Crippen molar-refractivity contribution in [3.8, 4) is 16.9 Å². The topological polar surface area (TPSA) is 96.5 Å². The minimum Gasteiger partial charge on any atom is -0.488 e. The molecule has 4 aromatic rings. The van der Waals surface area contributed by atoms with Crippen LogP contribution in [-0.4, -0.2) is 52.8 Å². The van der Waals surface area contributed by atoms with Crippen molar-refractivity contribution in [3.05, 3.63) is 53.9 Å². The van der Waals surface area contributed by atoms with Gasteiger partial charge in [-0.2, -0.15) is 0 Å². The molecule has 8 nitrogen and oxygen atoms in total. The molecule has 1 saturated carbocycles. The van der Waals surface area contributed by atoms with E-state index in [1.54, 1.807) is 0 Å². The number of H-pyrrole nitrogens is 1. The van der Waals surface area contributed by atoms with E-state index in [9.17, 15) is 9.59 Å². The summed E-state index contributed by atoms with van der Waals surface area (Å²) >= 11 is 0. The van der Waals surface area contributed by atoms with E-state index in [1.807, 2.05) is 18.7 Å². The van der Waals surface area contributed by atoms with Crippen molar-refractivity contribution in [2.45, 2.75) is 105 Å². The Bertz CT molecular complexity index is 1970. The second-order valence-corrected chi connectivity index (χ2v) is 16.8. The summed E-state index contributed by atoms with van der Waals surface area (Å²) in [6.07, 6.45) is 5.89. The molecule has 0 spiro atoms. The molecule has 1 aliphatic carbocycles. The van der Waals surface area contributed by atoms with Gasteiger partial charge in [0, 0.05) is 17.0 Å². The van der Waals surface area contributed by atoms with Crippen LogP contribution in [0.5, 0.6) is 5.75 Å². The average molecular weight is 661 g/mol. The predicted molar refractivity (Wildman–Crippen MR) is 195 cm³/mol. The summed E-state index contributed by atoms with van der Waals surface area (Å²) in [4.78, 5) is 37.2. The molecule has 1 aromatic heterocycles. The summed E-state index contributed by atoms with van der Waals surface area (Å²) in [7, 11) is 1.33. The third-order valence-electron chi connectivity index (χ3n) is 13.0. The van der Waals surface area contributed by atoms with Crippen LogP contribution in [0.1, 0.15) is 84.7 Å². The summed E-state index contributed by atoms with van der Waals surface area (Å²) in [5.41, 5.74) is 7.54. The molecule has 2 amide bonds. The number of methoxy groups -OCH3 is 1. The van der Waals surface area contributed by atoms with E-state index in [-0.39, 0.29) is 23.9 Å². The lowest BCUT2D eigenvalue weighted by atomic mass is 9.42. The maximum absolute atomic E-state index is 14.2. The number of likely N-dealkylation sites (tertiary alicyclic amines) is 1. The Kier molecular flexibility index (Phi) is 7.58. The van der Waals surface area contributed by atoms with Crippen LogP contribution >= 0.6 is 0 Å². The number of aromatic amines is 1. The third kappa shape index (κ3) is 5.21. The highest BCUT2D eigenvalue weighted by molar-refractivity contribution is 6.74. The second kappa shape index (κ2) is 11.5. The van der Waals surface area contributed by atoms with Crippen LogP contribution in [0.15, 0.2) is 42.5 Å². The second-order valence-electron chi connectivity index (χ2n) is 16.8. The predicted octanol–water partition coefficient (Wildman–Crippen LogP) is 7.87. The molecule has 8 rings (SSSR count). The number of hydrogen-bond donors (Lipinski definition) is 2. The monoisotopic (exact) mass is 660 g/mol. The minimum atomic E-state index is -0.668. The van der Waals surface area contributed by atoms with Gasteiger partial charge in [-0.15, -0.1) is 0 Å². The molecular weight excluding hydrogens is 611 g/mol. The average Bonchev–Trinajstić information content (AvgIpc) is 3.83. The lowest BCUT2D eigenvalue weighted by molar-refractivity contribution is -0.137. The molecule has 0 unspecified atom stereocenters. The molecule has 0 radical (unpaired) electrons. The van der Waals surface area contributed by atoms with Crippen LogP contribution in [0.2, 0.25) is 12.6 Å². The number of carbonyl (C=O) groups is 2. The normalized spacial score (nSPS) is 24.1. The van der Waals surface area contributed by atoms with Crippen molar-refractivity contribution in [1.29, 1.82) is 0 Å². The quantitative estimate of drug-likeness (QED) is 0.213. The number of nitrogens with one attached hydrogen (secondary N) is 2. The highest BCUT2D eigenvalue weighted by Crippen LogP contribution is 2.53. The van der Waals surface area contributed by atoms with Gasteiger partial charge in [-0.25, -0.2) is 9.78 Å². The number of benzene rings is 3. The number of carbonyl (C=O) groups excluding carboxylic acids is 2. The highest BCUT2D eigenvalue weighted by atomic mass is 16.5. The largest absolute Gasteiger partial charge is 0.488 e. The first-order valence-corrected chi connectivity index (χ1v) is 18.2. The highest BCUT2D eigenvalue weighted by Gasteiger charge is 2.50. The van der Waals surface area contributed by atoms with E-state index >= 15 is 0 Å². The summed E-state index contributed by atoms with van der Waals surface area (Å²) in [6.45, 7) is 14.7. The third-order valence-corrected chi connectivity index (χ3v) is 13.0. The van der Waals surface area contributed by atoms with Gasteiger partial charge in [0.05, 0.1) is 24.2 Å². The van der Waals surface area contributed by atoms with Crippen LogP contribution in [0.25, 0.3) is 32.9 Å². The molecule has 49 heavy (non-hydrogen) atoms. The van der Waals surface area contributed by atoms with E-state index < -0.39 is 12.1 Å². The number of alkyl carbamates (subject to hydrolysis) is 1.